The average molecular weight is 628 g/mol. The van der Waals surface area contributed by atoms with E-state index < -0.39 is 12.0 Å². The van der Waals surface area contributed by atoms with Crippen LogP contribution in [0.3, 0.4) is 0 Å². The lowest BCUT2D eigenvalue weighted by atomic mass is 10.0. The summed E-state index contributed by atoms with van der Waals surface area (Å²) in [4.78, 5) is 57.6. The van der Waals surface area contributed by atoms with Crippen molar-refractivity contribution in [2.75, 3.05) is 39.5 Å². The number of carboxylic acid groups (broad SMARTS) is 1. The number of carboxylic acids is 1. The van der Waals surface area contributed by atoms with Gasteiger partial charge in [0.1, 0.15) is 12.9 Å². The van der Waals surface area contributed by atoms with Crippen LogP contribution < -0.4 is 16.0 Å². The van der Waals surface area contributed by atoms with Gasteiger partial charge in [-0.3, -0.25) is 19.2 Å². The highest BCUT2D eigenvalue weighted by molar-refractivity contribution is 5.80. The zero-order chi connectivity index (χ0) is 32.5. The Labute approximate surface area is 265 Å². The first-order chi connectivity index (χ1) is 21.4. The number of amides is 3. The predicted octanol–water partition coefficient (Wildman–Crippen LogP) is 4.84. The fourth-order valence-electron chi connectivity index (χ4n) is 4.61. The van der Waals surface area contributed by atoms with Gasteiger partial charge in [-0.15, -0.1) is 0 Å². The zero-order valence-electron chi connectivity index (χ0n) is 27.3. The highest BCUT2D eigenvalue weighted by atomic mass is 16.5. The summed E-state index contributed by atoms with van der Waals surface area (Å²) in [6, 6.07) is -0.669. The molecule has 0 saturated carbocycles. The first-order valence-corrected chi connectivity index (χ1v) is 17.0. The van der Waals surface area contributed by atoms with Crippen molar-refractivity contribution in [3.63, 3.8) is 0 Å². The summed E-state index contributed by atoms with van der Waals surface area (Å²) in [5.74, 6) is -1.20. The minimum atomic E-state index is -0.699. The molecule has 0 aromatic heterocycles. The number of nitrogens with one attached hydrogen (secondary N) is 3. The summed E-state index contributed by atoms with van der Waals surface area (Å²) in [5.41, 5.74) is 0. The molecule has 0 bridgehead atoms. The lowest BCUT2D eigenvalue weighted by molar-refractivity contribution is -0.137. The van der Waals surface area contributed by atoms with Crippen LogP contribution in [0.1, 0.15) is 135 Å². The fourth-order valence-corrected chi connectivity index (χ4v) is 4.61. The van der Waals surface area contributed by atoms with Gasteiger partial charge in [-0.05, 0) is 25.7 Å². The van der Waals surface area contributed by atoms with E-state index in [1.54, 1.807) is 0 Å². The summed E-state index contributed by atoms with van der Waals surface area (Å²) in [7, 11) is 0. The van der Waals surface area contributed by atoms with Gasteiger partial charge in [0.05, 0.1) is 25.9 Å². The van der Waals surface area contributed by atoms with Crippen molar-refractivity contribution in [2.24, 2.45) is 0 Å². The molecule has 4 N–H and O–H groups in total. The minimum Gasteiger partial charge on any atom is -0.481 e. The number of aliphatic carboxylic acids is 1. The van der Waals surface area contributed by atoms with Crippen molar-refractivity contribution in [3.8, 4) is 0 Å². The van der Waals surface area contributed by atoms with Crippen molar-refractivity contribution in [2.45, 2.75) is 141 Å². The van der Waals surface area contributed by atoms with Crippen LogP contribution >= 0.6 is 0 Å². The molecule has 0 saturated heterocycles. The fraction of sp³-hybridized carbons (Fsp3) is 0.848. The molecule has 0 aliphatic carbocycles. The lowest BCUT2D eigenvalue weighted by Crippen LogP contribution is -2.37. The lowest BCUT2D eigenvalue weighted by Gasteiger charge is -2.13. The normalized spacial score (nSPS) is 11.6. The molecule has 0 rings (SSSR count). The summed E-state index contributed by atoms with van der Waals surface area (Å²) < 4.78 is 10.6. The molecule has 0 unspecified atom stereocenters. The maximum Gasteiger partial charge on any atom is 0.303 e. The molecule has 0 radical (unpaired) electrons. The second-order valence-corrected chi connectivity index (χ2v) is 11.4. The summed E-state index contributed by atoms with van der Waals surface area (Å²) in [6.45, 7) is 3.96. The molecule has 0 fully saturated rings. The predicted molar refractivity (Wildman–Crippen MR) is 171 cm³/mol. The van der Waals surface area contributed by atoms with Gasteiger partial charge in [0.25, 0.3) is 0 Å². The molecule has 0 aromatic carbocycles. The van der Waals surface area contributed by atoms with Crippen molar-refractivity contribution >= 4 is 30.0 Å². The standard InChI is InChI=1S/C33H61N3O8/c1-2-3-22-34-32(40)28-44-26-25-43-24-23-35-30(38)21-20-29(27-37)36-31(39)18-16-14-12-10-8-6-4-5-7-9-11-13-15-17-19-33(41)42/h27,29H,2-26,28H2,1H3,(H,34,40)(H,35,38)(H,36,39)(H,41,42)/t29-/m0/s1. The van der Waals surface area contributed by atoms with Gasteiger partial charge in [0, 0.05) is 32.4 Å². The molecular formula is C33H61N3O8. The third kappa shape index (κ3) is 30.9. The maximum atomic E-state index is 12.2. The van der Waals surface area contributed by atoms with Crippen molar-refractivity contribution in [1.29, 1.82) is 0 Å². The molecule has 44 heavy (non-hydrogen) atoms. The number of rotatable bonds is 33. The van der Waals surface area contributed by atoms with Crippen LogP contribution in [-0.4, -0.2) is 80.6 Å². The van der Waals surface area contributed by atoms with Gasteiger partial charge in [-0.25, -0.2) is 0 Å². The maximum absolute atomic E-state index is 12.2. The van der Waals surface area contributed by atoms with Gasteiger partial charge in [0.15, 0.2) is 0 Å². The van der Waals surface area contributed by atoms with Crippen LogP contribution in [0.5, 0.6) is 0 Å². The monoisotopic (exact) mass is 627 g/mol. The van der Waals surface area contributed by atoms with Crippen LogP contribution in [0, 0.1) is 0 Å². The second-order valence-electron chi connectivity index (χ2n) is 11.4. The molecular weight excluding hydrogens is 566 g/mol. The van der Waals surface area contributed by atoms with Gasteiger partial charge in [0.2, 0.25) is 17.7 Å². The van der Waals surface area contributed by atoms with Crippen molar-refractivity contribution < 1.29 is 38.6 Å². The molecule has 0 aliphatic rings. The van der Waals surface area contributed by atoms with E-state index in [0.29, 0.717) is 45.6 Å². The number of aldehydes is 1. The molecule has 1 atom stereocenters. The van der Waals surface area contributed by atoms with Gasteiger partial charge in [-0.1, -0.05) is 90.4 Å². The number of hydrogen-bond acceptors (Lipinski definition) is 7. The van der Waals surface area contributed by atoms with Crippen molar-refractivity contribution in [3.05, 3.63) is 0 Å². The Morgan fingerprint density at radius 1 is 0.614 bits per heavy atom. The Hall–Kier alpha value is -2.53. The van der Waals surface area contributed by atoms with E-state index in [4.69, 9.17) is 14.6 Å². The van der Waals surface area contributed by atoms with Crippen LogP contribution in [0.15, 0.2) is 0 Å². The summed E-state index contributed by atoms with van der Waals surface area (Å²) in [6.07, 6.45) is 19.4. The number of unbranched alkanes of at least 4 members (excludes halogenated alkanes) is 14. The van der Waals surface area contributed by atoms with E-state index in [0.717, 1.165) is 51.4 Å². The minimum absolute atomic E-state index is 0.00221. The Morgan fingerprint density at radius 3 is 1.68 bits per heavy atom. The Morgan fingerprint density at radius 2 is 1.14 bits per heavy atom. The molecule has 256 valence electrons. The molecule has 11 heteroatoms. The second kappa shape index (κ2) is 31.9. The third-order valence-electron chi connectivity index (χ3n) is 7.26. The van der Waals surface area contributed by atoms with Crippen LogP contribution in [0.25, 0.3) is 0 Å². The largest absolute Gasteiger partial charge is 0.481 e. The number of carbonyl (C=O) groups excluding carboxylic acids is 4. The Kier molecular flexibility index (Phi) is 30.0. The van der Waals surface area contributed by atoms with E-state index in [1.807, 2.05) is 0 Å². The van der Waals surface area contributed by atoms with E-state index >= 15 is 0 Å². The zero-order valence-corrected chi connectivity index (χ0v) is 27.3. The van der Waals surface area contributed by atoms with E-state index in [2.05, 4.69) is 22.9 Å². The highest BCUT2D eigenvalue weighted by Crippen LogP contribution is 2.14. The van der Waals surface area contributed by atoms with Crippen molar-refractivity contribution in [1.82, 2.24) is 16.0 Å². The highest BCUT2D eigenvalue weighted by Gasteiger charge is 2.13. The van der Waals surface area contributed by atoms with E-state index in [-0.39, 0.29) is 43.6 Å². The summed E-state index contributed by atoms with van der Waals surface area (Å²) in [5, 5.41) is 16.8. The number of carbonyl (C=O) groups is 5. The Bertz CT molecular complexity index is 751. The SMILES string of the molecule is CCCCNC(=O)COCCOCCNC(=O)CC[C@@H](C=O)NC(=O)CCCCCCCCCCCCCCCCC(=O)O. The quantitative estimate of drug-likeness (QED) is 0.0594. The molecule has 0 aliphatic heterocycles. The summed E-state index contributed by atoms with van der Waals surface area (Å²) >= 11 is 0. The molecule has 3 amide bonds. The van der Waals surface area contributed by atoms with E-state index in [9.17, 15) is 24.0 Å². The van der Waals surface area contributed by atoms with E-state index in [1.165, 1.54) is 51.4 Å². The topological polar surface area (TPSA) is 160 Å². The third-order valence-corrected chi connectivity index (χ3v) is 7.26. The smallest absolute Gasteiger partial charge is 0.303 e. The van der Waals surface area contributed by atoms with Crippen LogP contribution in [0.4, 0.5) is 0 Å². The first-order valence-electron chi connectivity index (χ1n) is 17.0. The van der Waals surface area contributed by atoms with Gasteiger partial charge in [-0.2, -0.15) is 0 Å². The average Bonchev–Trinajstić information content (AvgIpc) is 3.00. The molecule has 0 aromatic rings. The molecule has 0 spiro atoms. The molecule has 11 nitrogen and oxygen atoms in total. The van der Waals surface area contributed by atoms with Crippen LogP contribution in [0.2, 0.25) is 0 Å². The first kappa shape index (κ1) is 41.5. The number of hydrogen-bond donors (Lipinski definition) is 4. The Balaban J connectivity index is 3.56. The molecule has 0 heterocycles. The number of ether oxygens (including phenoxy) is 2. The van der Waals surface area contributed by atoms with Gasteiger partial charge >= 0.3 is 5.97 Å². The van der Waals surface area contributed by atoms with Gasteiger partial charge < -0.3 is 35.3 Å². The van der Waals surface area contributed by atoms with Crippen LogP contribution in [-0.2, 0) is 33.4 Å².